The van der Waals surface area contributed by atoms with Gasteiger partial charge in [0, 0.05) is 12.6 Å². The summed E-state index contributed by atoms with van der Waals surface area (Å²) in [7, 11) is 2.02. The van der Waals surface area contributed by atoms with Gasteiger partial charge in [0.1, 0.15) is 0 Å². The fourth-order valence-corrected chi connectivity index (χ4v) is 1.62. The molecular weight excluding hydrogens is 150 g/mol. The van der Waals surface area contributed by atoms with E-state index in [0.29, 0.717) is 12.1 Å². The van der Waals surface area contributed by atoms with Crippen molar-refractivity contribution in [2.24, 2.45) is 0 Å². The van der Waals surface area contributed by atoms with Crippen molar-refractivity contribution in [3.05, 3.63) is 0 Å². The van der Waals surface area contributed by atoms with Crippen molar-refractivity contribution in [3.8, 4) is 0 Å². The molecule has 0 aromatic heterocycles. The summed E-state index contributed by atoms with van der Waals surface area (Å²) in [5, 5.41) is 3.25. The molecule has 12 heavy (non-hydrogen) atoms. The standard InChI is InChI=1S/C10H21NO/c1-9(11-2)6-7-10-5-3-4-8-12-10/h9-11H,3-8H2,1-2H3. The smallest absolute Gasteiger partial charge is 0.0575 e. The lowest BCUT2D eigenvalue weighted by molar-refractivity contribution is 0.00897. The van der Waals surface area contributed by atoms with E-state index in [9.17, 15) is 0 Å². The molecule has 1 rings (SSSR count). The van der Waals surface area contributed by atoms with Gasteiger partial charge in [0.15, 0.2) is 0 Å². The topological polar surface area (TPSA) is 21.3 Å². The maximum absolute atomic E-state index is 5.65. The molecule has 0 radical (unpaired) electrons. The van der Waals surface area contributed by atoms with Gasteiger partial charge >= 0.3 is 0 Å². The molecule has 1 saturated heterocycles. The van der Waals surface area contributed by atoms with Gasteiger partial charge in [-0.3, -0.25) is 0 Å². The first-order valence-electron chi connectivity index (χ1n) is 5.12. The van der Waals surface area contributed by atoms with Crippen LogP contribution < -0.4 is 5.32 Å². The Morgan fingerprint density at radius 3 is 2.92 bits per heavy atom. The van der Waals surface area contributed by atoms with Crippen molar-refractivity contribution in [3.63, 3.8) is 0 Å². The van der Waals surface area contributed by atoms with Crippen molar-refractivity contribution < 1.29 is 4.74 Å². The molecule has 2 nitrogen and oxygen atoms in total. The predicted octanol–water partition coefficient (Wildman–Crippen LogP) is 1.94. The summed E-state index contributed by atoms with van der Waals surface area (Å²) in [6.45, 7) is 3.21. The second kappa shape index (κ2) is 5.55. The van der Waals surface area contributed by atoms with Crippen LogP contribution in [0, 0.1) is 0 Å². The van der Waals surface area contributed by atoms with Gasteiger partial charge < -0.3 is 10.1 Å². The summed E-state index contributed by atoms with van der Waals surface area (Å²) in [6.07, 6.45) is 6.91. The molecular formula is C10H21NO. The molecule has 0 bridgehead atoms. The lowest BCUT2D eigenvalue weighted by atomic mass is 10.0. The summed E-state index contributed by atoms with van der Waals surface area (Å²) < 4.78 is 5.65. The van der Waals surface area contributed by atoms with Gasteiger partial charge in [0.25, 0.3) is 0 Å². The van der Waals surface area contributed by atoms with Crippen LogP contribution in [0.2, 0.25) is 0 Å². The van der Waals surface area contributed by atoms with Gasteiger partial charge in [-0.2, -0.15) is 0 Å². The van der Waals surface area contributed by atoms with E-state index in [0.717, 1.165) is 6.61 Å². The monoisotopic (exact) mass is 171 g/mol. The van der Waals surface area contributed by atoms with Crippen LogP contribution in [-0.4, -0.2) is 25.8 Å². The Morgan fingerprint density at radius 2 is 2.33 bits per heavy atom. The highest BCUT2D eigenvalue weighted by atomic mass is 16.5. The Kier molecular flexibility index (Phi) is 4.62. The normalized spacial score (nSPS) is 27.0. The molecule has 72 valence electrons. The molecule has 2 unspecified atom stereocenters. The largest absolute Gasteiger partial charge is 0.378 e. The molecule has 1 aliphatic heterocycles. The first-order chi connectivity index (χ1) is 5.83. The van der Waals surface area contributed by atoms with E-state index in [-0.39, 0.29) is 0 Å². The highest BCUT2D eigenvalue weighted by molar-refractivity contribution is 4.67. The van der Waals surface area contributed by atoms with Crippen LogP contribution in [0.5, 0.6) is 0 Å². The van der Waals surface area contributed by atoms with Crippen molar-refractivity contribution >= 4 is 0 Å². The Morgan fingerprint density at radius 1 is 1.50 bits per heavy atom. The Hall–Kier alpha value is -0.0800. The molecule has 0 spiro atoms. The van der Waals surface area contributed by atoms with Crippen molar-refractivity contribution in [2.45, 2.75) is 51.2 Å². The minimum Gasteiger partial charge on any atom is -0.378 e. The average Bonchev–Trinajstić information content (AvgIpc) is 2.16. The SMILES string of the molecule is CNC(C)CCC1CCCCO1. The summed E-state index contributed by atoms with van der Waals surface area (Å²) in [6, 6.07) is 0.635. The summed E-state index contributed by atoms with van der Waals surface area (Å²) >= 11 is 0. The number of hydrogen-bond acceptors (Lipinski definition) is 2. The van der Waals surface area contributed by atoms with Crippen LogP contribution in [0.3, 0.4) is 0 Å². The highest BCUT2D eigenvalue weighted by Gasteiger charge is 2.13. The minimum absolute atomic E-state index is 0.551. The number of ether oxygens (including phenoxy) is 1. The lowest BCUT2D eigenvalue weighted by Crippen LogP contribution is -2.25. The maximum Gasteiger partial charge on any atom is 0.0575 e. The Labute approximate surface area is 75.7 Å². The molecule has 1 aliphatic rings. The second-order valence-electron chi connectivity index (χ2n) is 3.76. The van der Waals surface area contributed by atoms with Crippen LogP contribution in [-0.2, 0) is 4.74 Å². The minimum atomic E-state index is 0.551. The van der Waals surface area contributed by atoms with Crippen LogP contribution in [0.1, 0.15) is 39.0 Å². The van der Waals surface area contributed by atoms with Gasteiger partial charge in [0.05, 0.1) is 6.10 Å². The molecule has 2 atom stereocenters. The first-order valence-corrected chi connectivity index (χ1v) is 5.12. The molecule has 2 heteroatoms. The lowest BCUT2D eigenvalue weighted by Gasteiger charge is -2.23. The number of rotatable bonds is 4. The van der Waals surface area contributed by atoms with Gasteiger partial charge in [-0.25, -0.2) is 0 Å². The summed E-state index contributed by atoms with van der Waals surface area (Å²) in [5.74, 6) is 0. The fourth-order valence-electron chi connectivity index (χ4n) is 1.62. The van der Waals surface area contributed by atoms with E-state index in [4.69, 9.17) is 4.74 Å². The van der Waals surface area contributed by atoms with E-state index in [2.05, 4.69) is 12.2 Å². The average molecular weight is 171 g/mol. The molecule has 0 aromatic rings. The first kappa shape index (κ1) is 10.0. The zero-order valence-corrected chi connectivity index (χ0v) is 8.31. The van der Waals surface area contributed by atoms with E-state index < -0.39 is 0 Å². The van der Waals surface area contributed by atoms with E-state index in [1.165, 1.54) is 32.1 Å². The molecule has 0 aliphatic carbocycles. The van der Waals surface area contributed by atoms with Crippen molar-refractivity contribution in [2.75, 3.05) is 13.7 Å². The third-order valence-electron chi connectivity index (χ3n) is 2.69. The third-order valence-corrected chi connectivity index (χ3v) is 2.69. The van der Waals surface area contributed by atoms with Gasteiger partial charge in [-0.15, -0.1) is 0 Å². The van der Waals surface area contributed by atoms with Gasteiger partial charge in [0.2, 0.25) is 0 Å². The quantitative estimate of drug-likeness (QED) is 0.698. The highest BCUT2D eigenvalue weighted by Crippen LogP contribution is 2.17. The van der Waals surface area contributed by atoms with Gasteiger partial charge in [-0.1, -0.05) is 0 Å². The number of hydrogen-bond donors (Lipinski definition) is 1. The summed E-state index contributed by atoms with van der Waals surface area (Å²) in [5.41, 5.74) is 0. The van der Waals surface area contributed by atoms with E-state index in [1.807, 2.05) is 7.05 Å². The Bertz CT molecular complexity index is 110. The molecule has 1 fully saturated rings. The molecule has 1 heterocycles. The van der Waals surface area contributed by atoms with Crippen LogP contribution in [0.25, 0.3) is 0 Å². The number of nitrogens with one attached hydrogen (secondary N) is 1. The second-order valence-corrected chi connectivity index (χ2v) is 3.76. The summed E-state index contributed by atoms with van der Waals surface area (Å²) in [4.78, 5) is 0. The van der Waals surface area contributed by atoms with Crippen LogP contribution >= 0.6 is 0 Å². The fraction of sp³-hybridized carbons (Fsp3) is 1.00. The molecule has 0 amide bonds. The van der Waals surface area contributed by atoms with Crippen LogP contribution in [0.15, 0.2) is 0 Å². The molecule has 1 N–H and O–H groups in total. The van der Waals surface area contributed by atoms with E-state index in [1.54, 1.807) is 0 Å². The predicted molar refractivity (Wildman–Crippen MR) is 51.3 cm³/mol. The zero-order valence-electron chi connectivity index (χ0n) is 8.31. The Balaban J connectivity index is 2.05. The third kappa shape index (κ3) is 3.55. The van der Waals surface area contributed by atoms with E-state index >= 15 is 0 Å². The molecule has 0 aromatic carbocycles. The molecule has 0 saturated carbocycles. The maximum atomic E-state index is 5.65. The zero-order chi connectivity index (χ0) is 8.81. The van der Waals surface area contributed by atoms with Gasteiger partial charge in [-0.05, 0) is 46.1 Å². The van der Waals surface area contributed by atoms with Crippen molar-refractivity contribution in [1.29, 1.82) is 0 Å². The van der Waals surface area contributed by atoms with Crippen molar-refractivity contribution in [1.82, 2.24) is 5.32 Å². The van der Waals surface area contributed by atoms with Crippen LogP contribution in [0.4, 0.5) is 0 Å².